The number of nitrogens with zero attached hydrogens (tertiary/aromatic N) is 2. The Bertz CT molecular complexity index is 670. The Hall–Kier alpha value is -2.41. The maximum atomic E-state index is 11.9. The molecule has 3 rings (SSSR count). The Kier molecular flexibility index (Phi) is 3.11. The van der Waals surface area contributed by atoms with Gasteiger partial charge in [0.1, 0.15) is 12.3 Å². The van der Waals surface area contributed by atoms with Crippen molar-refractivity contribution in [3.05, 3.63) is 29.1 Å². The standard InChI is InChI=1S/C13H11N3O3S/c14-12(17)4-16-10-3-8(9-6-20-7-15-9)1-2-11(10)19-5-13(16)18/h1-3,6-7H,4-5H2,(H2,14,17). The number of hydrogen-bond donors (Lipinski definition) is 1. The molecule has 2 heterocycles. The molecule has 6 nitrogen and oxygen atoms in total. The molecule has 2 aromatic rings. The summed E-state index contributed by atoms with van der Waals surface area (Å²) in [5.41, 5.74) is 9.15. The molecule has 0 atom stereocenters. The van der Waals surface area contributed by atoms with Gasteiger partial charge < -0.3 is 10.5 Å². The molecule has 20 heavy (non-hydrogen) atoms. The van der Waals surface area contributed by atoms with Gasteiger partial charge in [-0.25, -0.2) is 4.98 Å². The number of thiazole rings is 1. The van der Waals surface area contributed by atoms with Crippen LogP contribution in [0.25, 0.3) is 11.3 Å². The Morgan fingerprint density at radius 2 is 2.35 bits per heavy atom. The molecule has 0 fully saturated rings. The molecule has 0 bridgehead atoms. The minimum atomic E-state index is -0.565. The first-order valence-electron chi connectivity index (χ1n) is 5.89. The van der Waals surface area contributed by atoms with Crippen LogP contribution in [0.1, 0.15) is 0 Å². The molecular formula is C13H11N3O3S. The van der Waals surface area contributed by atoms with Crippen LogP contribution < -0.4 is 15.4 Å². The first-order valence-corrected chi connectivity index (χ1v) is 6.83. The molecule has 0 aliphatic carbocycles. The van der Waals surface area contributed by atoms with Crippen molar-refractivity contribution in [2.24, 2.45) is 5.73 Å². The predicted molar refractivity (Wildman–Crippen MR) is 74.6 cm³/mol. The third kappa shape index (κ3) is 2.23. The molecule has 0 saturated heterocycles. The second-order valence-electron chi connectivity index (χ2n) is 4.29. The summed E-state index contributed by atoms with van der Waals surface area (Å²) in [6, 6.07) is 5.42. The Morgan fingerprint density at radius 3 is 3.05 bits per heavy atom. The van der Waals surface area contributed by atoms with E-state index in [-0.39, 0.29) is 19.1 Å². The zero-order valence-electron chi connectivity index (χ0n) is 10.4. The number of rotatable bonds is 3. The highest BCUT2D eigenvalue weighted by atomic mass is 32.1. The third-order valence-electron chi connectivity index (χ3n) is 2.94. The quantitative estimate of drug-likeness (QED) is 0.914. The molecule has 1 aliphatic rings. The number of ether oxygens (including phenoxy) is 1. The maximum absolute atomic E-state index is 11.9. The fraction of sp³-hybridized carbons (Fsp3) is 0.154. The number of fused-ring (bicyclic) bond motifs is 1. The van der Waals surface area contributed by atoms with E-state index in [1.165, 1.54) is 16.2 Å². The summed E-state index contributed by atoms with van der Waals surface area (Å²) in [7, 11) is 0. The second-order valence-corrected chi connectivity index (χ2v) is 5.01. The lowest BCUT2D eigenvalue weighted by atomic mass is 10.1. The van der Waals surface area contributed by atoms with Crippen LogP contribution in [0, 0.1) is 0 Å². The van der Waals surface area contributed by atoms with Gasteiger partial charge in [-0.15, -0.1) is 11.3 Å². The Balaban J connectivity index is 2.05. The predicted octanol–water partition coefficient (Wildman–Crippen LogP) is 1.02. The summed E-state index contributed by atoms with van der Waals surface area (Å²) < 4.78 is 5.36. The van der Waals surface area contributed by atoms with Gasteiger partial charge in [0.2, 0.25) is 5.91 Å². The van der Waals surface area contributed by atoms with Gasteiger partial charge in [-0.05, 0) is 18.2 Å². The van der Waals surface area contributed by atoms with Gasteiger partial charge in [0.25, 0.3) is 5.91 Å². The van der Waals surface area contributed by atoms with Crippen LogP contribution in [-0.2, 0) is 9.59 Å². The van der Waals surface area contributed by atoms with E-state index in [0.717, 1.165) is 11.3 Å². The van der Waals surface area contributed by atoms with E-state index >= 15 is 0 Å². The van der Waals surface area contributed by atoms with E-state index in [2.05, 4.69) is 4.98 Å². The first kappa shape index (κ1) is 12.6. The molecule has 0 saturated carbocycles. The van der Waals surface area contributed by atoms with Gasteiger partial charge in [-0.3, -0.25) is 14.5 Å². The number of hydrogen-bond acceptors (Lipinski definition) is 5. The van der Waals surface area contributed by atoms with Crippen LogP contribution in [0.5, 0.6) is 5.75 Å². The van der Waals surface area contributed by atoms with Crippen LogP contribution in [-0.4, -0.2) is 29.9 Å². The highest BCUT2D eigenvalue weighted by Crippen LogP contribution is 2.35. The number of aromatic nitrogens is 1. The zero-order valence-corrected chi connectivity index (χ0v) is 11.2. The van der Waals surface area contributed by atoms with E-state index in [1.54, 1.807) is 17.6 Å². The van der Waals surface area contributed by atoms with Gasteiger partial charge in [-0.1, -0.05) is 0 Å². The molecule has 2 amide bonds. The molecule has 0 radical (unpaired) electrons. The summed E-state index contributed by atoms with van der Waals surface area (Å²) in [4.78, 5) is 28.6. The van der Waals surface area contributed by atoms with Crippen LogP contribution in [0.15, 0.2) is 29.1 Å². The number of anilines is 1. The number of amides is 2. The third-order valence-corrected chi connectivity index (χ3v) is 3.53. The van der Waals surface area contributed by atoms with Crippen molar-refractivity contribution in [1.29, 1.82) is 0 Å². The molecule has 7 heteroatoms. The largest absolute Gasteiger partial charge is 0.482 e. The Morgan fingerprint density at radius 1 is 1.50 bits per heavy atom. The van der Waals surface area contributed by atoms with Gasteiger partial charge in [-0.2, -0.15) is 0 Å². The Labute approximate surface area is 118 Å². The van der Waals surface area contributed by atoms with E-state index in [1.807, 2.05) is 11.4 Å². The zero-order chi connectivity index (χ0) is 14.1. The topological polar surface area (TPSA) is 85.5 Å². The average molecular weight is 289 g/mol. The smallest absolute Gasteiger partial charge is 0.265 e. The van der Waals surface area contributed by atoms with Crippen LogP contribution in [0.4, 0.5) is 5.69 Å². The first-order chi connectivity index (χ1) is 9.65. The summed E-state index contributed by atoms with van der Waals surface area (Å²) >= 11 is 1.49. The van der Waals surface area contributed by atoms with Crippen molar-refractivity contribution in [1.82, 2.24) is 4.98 Å². The normalized spacial score (nSPS) is 13.8. The molecule has 1 aliphatic heterocycles. The van der Waals surface area contributed by atoms with E-state index in [0.29, 0.717) is 11.4 Å². The van der Waals surface area contributed by atoms with Crippen molar-refractivity contribution < 1.29 is 14.3 Å². The van der Waals surface area contributed by atoms with Crippen LogP contribution in [0.2, 0.25) is 0 Å². The van der Waals surface area contributed by atoms with Gasteiger partial charge in [0.05, 0.1) is 16.9 Å². The van der Waals surface area contributed by atoms with Crippen molar-refractivity contribution in [3.8, 4) is 17.0 Å². The van der Waals surface area contributed by atoms with Crippen molar-refractivity contribution in [2.45, 2.75) is 0 Å². The highest BCUT2D eigenvalue weighted by Gasteiger charge is 2.27. The molecule has 102 valence electrons. The minimum absolute atomic E-state index is 0.0870. The molecule has 1 aromatic carbocycles. The molecule has 0 unspecified atom stereocenters. The lowest BCUT2D eigenvalue weighted by Crippen LogP contribution is -2.43. The highest BCUT2D eigenvalue weighted by molar-refractivity contribution is 7.07. The van der Waals surface area contributed by atoms with Crippen molar-refractivity contribution in [2.75, 3.05) is 18.1 Å². The summed E-state index contributed by atoms with van der Waals surface area (Å²) in [6.07, 6.45) is 0. The monoisotopic (exact) mass is 289 g/mol. The summed E-state index contributed by atoms with van der Waals surface area (Å²) in [6.45, 7) is -0.244. The van der Waals surface area contributed by atoms with Crippen molar-refractivity contribution >= 4 is 28.8 Å². The van der Waals surface area contributed by atoms with Gasteiger partial charge in [0, 0.05) is 10.9 Å². The summed E-state index contributed by atoms with van der Waals surface area (Å²) in [5.74, 6) is -0.290. The average Bonchev–Trinajstić information content (AvgIpc) is 2.95. The van der Waals surface area contributed by atoms with E-state index in [4.69, 9.17) is 10.5 Å². The SMILES string of the molecule is NC(=O)CN1C(=O)COc2ccc(-c3cscn3)cc21. The van der Waals surface area contributed by atoms with E-state index in [9.17, 15) is 9.59 Å². The number of benzene rings is 1. The minimum Gasteiger partial charge on any atom is -0.482 e. The number of carbonyl (C=O) groups is 2. The fourth-order valence-electron chi connectivity index (χ4n) is 2.05. The molecule has 2 N–H and O–H groups in total. The van der Waals surface area contributed by atoms with Crippen molar-refractivity contribution in [3.63, 3.8) is 0 Å². The molecule has 1 aromatic heterocycles. The van der Waals surface area contributed by atoms with Gasteiger partial charge >= 0.3 is 0 Å². The van der Waals surface area contributed by atoms with E-state index < -0.39 is 5.91 Å². The molecule has 0 spiro atoms. The number of nitrogens with two attached hydrogens (primary N) is 1. The number of carbonyl (C=O) groups excluding carboxylic acids is 2. The maximum Gasteiger partial charge on any atom is 0.265 e. The lowest BCUT2D eigenvalue weighted by Gasteiger charge is -2.28. The second kappa shape index (κ2) is 4.93. The lowest BCUT2D eigenvalue weighted by molar-refractivity contribution is -0.124. The molecular weight excluding hydrogens is 278 g/mol. The summed E-state index contributed by atoms with van der Waals surface area (Å²) in [5, 5.41) is 1.91. The number of primary amides is 1. The van der Waals surface area contributed by atoms with Gasteiger partial charge in [0.15, 0.2) is 6.61 Å². The fourth-order valence-corrected chi connectivity index (χ4v) is 2.61. The van der Waals surface area contributed by atoms with Crippen LogP contribution >= 0.6 is 11.3 Å². The van der Waals surface area contributed by atoms with Crippen LogP contribution in [0.3, 0.4) is 0 Å².